The predicted molar refractivity (Wildman–Crippen MR) is 177 cm³/mol. The molecule has 0 rings (SSSR count). The summed E-state index contributed by atoms with van der Waals surface area (Å²) in [4.78, 5) is 75.3. The van der Waals surface area contributed by atoms with E-state index in [-0.39, 0.29) is 62.1 Å². The Morgan fingerprint density at radius 1 is 0.761 bits per heavy atom. The molecule has 0 aromatic rings. The van der Waals surface area contributed by atoms with Gasteiger partial charge in [0.2, 0.25) is 29.5 Å². The smallest absolute Gasteiger partial charge is 0.303 e. The maximum atomic E-state index is 12.9. The maximum Gasteiger partial charge on any atom is 0.303 e. The summed E-state index contributed by atoms with van der Waals surface area (Å²) in [5.41, 5.74) is -2.63. The summed E-state index contributed by atoms with van der Waals surface area (Å²) in [6.45, 7) is 20.7. The Labute approximate surface area is 275 Å². The molecule has 0 bridgehead atoms. The van der Waals surface area contributed by atoms with E-state index in [0.29, 0.717) is 39.0 Å². The highest BCUT2D eigenvalue weighted by atomic mass is 16.5. The lowest BCUT2D eigenvalue weighted by molar-refractivity contribution is -0.141. The summed E-state index contributed by atoms with van der Waals surface area (Å²) in [5.74, 6) is -2.46. The number of carbonyl (C=O) groups excluding carboxylic acids is 5. The molecule has 0 radical (unpaired) electrons. The molecule has 13 heteroatoms. The number of carbonyl (C=O) groups is 6. The first kappa shape index (κ1) is 42.8. The number of likely N-dealkylation sites (N-methyl/N-ethyl adjacent to an activating group) is 1. The van der Waals surface area contributed by atoms with Gasteiger partial charge in [-0.2, -0.15) is 0 Å². The van der Waals surface area contributed by atoms with E-state index in [4.69, 9.17) is 9.84 Å². The molecule has 0 saturated carbocycles. The minimum Gasteiger partial charge on any atom is -0.481 e. The van der Waals surface area contributed by atoms with E-state index in [1.807, 2.05) is 41.5 Å². The lowest BCUT2D eigenvalue weighted by Crippen LogP contribution is -2.47. The van der Waals surface area contributed by atoms with Gasteiger partial charge in [0.05, 0.1) is 12.0 Å². The fourth-order valence-electron chi connectivity index (χ4n) is 5.11. The number of nitrogens with one attached hydrogen (secondary N) is 4. The Morgan fingerprint density at radius 2 is 1.30 bits per heavy atom. The lowest BCUT2D eigenvalue weighted by Gasteiger charge is -2.33. The van der Waals surface area contributed by atoms with Gasteiger partial charge in [-0.25, -0.2) is 0 Å². The van der Waals surface area contributed by atoms with Crippen molar-refractivity contribution in [2.24, 2.45) is 16.2 Å². The number of carboxylic acids is 1. The van der Waals surface area contributed by atoms with Crippen molar-refractivity contribution in [2.45, 2.75) is 120 Å². The lowest BCUT2D eigenvalue weighted by atomic mass is 9.73. The molecule has 0 aliphatic rings. The van der Waals surface area contributed by atoms with Crippen LogP contribution in [0.25, 0.3) is 0 Å². The molecule has 0 spiro atoms. The van der Waals surface area contributed by atoms with Crippen molar-refractivity contribution >= 4 is 35.5 Å². The van der Waals surface area contributed by atoms with Gasteiger partial charge in [-0.1, -0.05) is 41.5 Å². The van der Waals surface area contributed by atoms with Gasteiger partial charge in [0.1, 0.15) is 13.1 Å². The normalized spacial score (nSPS) is 12.3. The second-order valence-corrected chi connectivity index (χ2v) is 15.0. The highest BCUT2D eigenvalue weighted by molar-refractivity contribution is 5.89. The zero-order valence-corrected chi connectivity index (χ0v) is 30.1. The van der Waals surface area contributed by atoms with Gasteiger partial charge in [-0.05, 0) is 59.3 Å². The number of hydrogen-bond donors (Lipinski definition) is 5. The third kappa shape index (κ3) is 18.1. The molecule has 0 unspecified atom stereocenters. The molecule has 0 aliphatic heterocycles. The van der Waals surface area contributed by atoms with Crippen LogP contribution in [0.4, 0.5) is 0 Å². The number of rotatable bonds is 22. The third-order valence-corrected chi connectivity index (χ3v) is 7.48. The van der Waals surface area contributed by atoms with Gasteiger partial charge in [0.15, 0.2) is 0 Å². The third-order valence-electron chi connectivity index (χ3n) is 7.48. The van der Waals surface area contributed by atoms with Crippen LogP contribution < -0.4 is 21.3 Å². The monoisotopic (exact) mass is 655 g/mol. The highest BCUT2D eigenvalue weighted by Gasteiger charge is 2.36. The SMILES string of the molecule is CCNC(=O)CN(CC(=O)NC(C)C)C(=O)CCNC(=O)C(C)(C)CCOC(C)(C)CCNC(=O)C(C)(C)CC(C)(C)CC(=O)O. The summed E-state index contributed by atoms with van der Waals surface area (Å²) in [5, 5.41) is 20.2. The van der Waals surface area contributed by atoms with Gasteiger partial charge in [0, 0.05) is 49.5 Å². The van der Waals surface area contributed by atoms with Crippen LogP contribution in [-0.4, -0.2) is 96.5 Å². The molecule has 0 heterocycles. The van der Waals surface area contributed by atoms with Crippen LogP contribution in [0.15, 0.2) is 0 Å². The van der Waals surface area contributed by atoms with Crippen LogP contribution in [0.5, 0.6) is 0 Å². The number of nitrogens with zero attached hydrogens (tertiary/aromatic N) is 1. The Hall–Kier alpha value is -3.22. The minimum atomic E-state index is -0.892. The topological polar surface area (TPSA) is 183 Å². The van der Waals surface area contributed by atoms with Gasteiger partial charge in [-0.15, -0.1) is 0 Å². The second kappa shape index (κ2) is 18.8. The fraction of sp³-hybridized carbons (Fsp3) is 0.818. The van der Waals surface area contributed by atoms with E-state index in [9.17, 15) is 28.8 Å². The van der Waals surface area contributed by atoms with Crippen LogP contribution in [0.3, 0.4) is 0 Å². The van der Waals surface area contributed by atoms with Gasteiger partial charge in [0.25, 0.3) is 0 Å². The molecule has 46 heavy (non-hydrogen) atoms. The largest absolute Gasteiger partial charge is 0.481 e. The van der Waals surface area contributed by atoms with Crippen LogP contribution >= 0.6 is 0 Å². The van der Waals surface area contributed by atoms with Crippen molar-refractivity contribution in [1.29, 1.82) is 0 Å². The Balaban J connectivity index is 4.81. The molecule has 0 aliphatic carbocycles. The molecular weight excluding hydrogens is 594 g/mol. The fourth-order valence-corrected chi connectivity index (χ4v) is 5.11. The van der Waals surface area contributed by atoms with Crippen molar-refractivity contribution in [3.63, 3.8) is 0 Å². The average Bonchev–Trinajstić information content (AvgIpc) is 2.85. The number of carboxylic acid groups (broad SMARTS) is 1. The van der Waals surface area contributed by atoms with Gasteiger partial charge >= 0.3 is 5.97 Å². The number of hydrogen-bond acceptors (Lipinski definition) is 7. The minimum absolute atomic E-state index is 0.0203. The van der Waals surface area contributed by atoms with E-state index in [1.54, 1.807) is 34.6 Å². The van der Waals surface area contributed by atoms with Crippen LogP contribution in [-0.2, 0) is 33.5 Å². The quantitative estimate of drug-likeness (QED) is 0.118. The molecule has 0 aromatic carbocycles. The number of aliphatic carboxylic acids is 1. The van der Waals surface area contributed by atoms with Gasteiger partial charge < -0.3 is 36.0 Å². The Kier molecular flexibility index (Phi) is 17.5. The predicted octanol–water partition coefficient (Wildman–Crippen LogP) is 2.62. The van der Waals surface area contributed by atoms with Crippen molar-refractivity contribution in [3.05, 3.63) is 0 Å². The van der Waals surface area contributed by atoms with Crippen molar-refractivity contribution in [3.8, 4) is 0 Å². The van der Waals surface area contributed by atoms with E-state index in [1.165, 1.54) is 4.90 Å². The zero-order chi connectivity index (χ0) is 35.9. The van der Waals surface area contributed by atoms with Crippen LogP contribution in [0.1, 0.15) is 108 Å². The molecule has 0 aromatic heterocycles. The summed E-state index contributed by atoms with van der Waals surface area (Å²) in [6.07, 6.45) is 1.27. The molecule has 0 atom stereocenters. The molecule has 266 valence electrons. The second-order valence-electron chi connectivity index (χ2n) is 15.0. The van der Waals surface area contributed by atoms with E-state index in [0.717, 1.165) is 0 Å². The molecule has 0 saturated heterocycles. The zero-order valence-electron chi connectivity index (χ0n) is 30.1. The first-order valence-electron chi connectivity index (χ1n) is 16.2. The number of amides is 5. The van der Waals surface area contributed by atoms with Crippen molar-refractivity contribution in [1.82, 2.24) is 26.2 Å². The summed E-state index contributed by atoms with van der Waals surface area (Å²) < 4.78 is 6.07. The standard InChI is InChI=1S/C33H61N5O8/c1-12-34-24(39)20-38(21-25(40)37-23(2)3)26(41)13-16-35-28(44)31(6,7)15-18-46-33(10,11)14-17-36-29(45)32(8,9)22-30(4,5)19-27(42)43/h23H,12-22H2,1-11H3,(H,34,39)(H,35,44)(H,36,45)(H,37,40)(H,42,43). The number of ether oxygens (including phenoxy) is 1. The molecule has 0 fully saturated rings. The van der Waals surface area contributed by atoms with E-state index < -0.39 is 33.7 Å². The van der Waals surface area contributed by atoms with Crippen LogP contribution in [0, 0.1) is 16.2 Å². The first-order chi connectivity index (χ1) is 20.9. The van der Waals surface area contributed by atoms with Crippen LogP contribution in [0.2, 0.25) is 0 Å². The first-order valence-corrected chi connectivity index (χ1v) is 16.2. The summed E-state index contributed by atoms with van der Waals surface area (Å²) >= 11 is 0. The average molecular weight is 656 g/mol. The van der Waals surface area contributed by atoms with E-state index >= 15 is 0 Å². The Morgan fingerprint density at radius 3 is 1.85 bits per heavy atom. The molecule has 5 amide bonds. The maximum absolute atomic E-state index is 12.9. The summed E-state index contributed by atoms with van der Waals surface area (Å²) in [7, 11) is 0. The van der Waals surface area contributed by atoms with Crippen molar-refractivity contribution in [2.75, 3.05) is 39.3 Å². The molecular formula is C33H61N5O8. The Bertz CT molecular complexity index is 1050. The molecule has 5 N–H and O–H groups in total. The van der Waals surface area contributed by atoms with Crippen molar-refractivity contribution < 1.29 is 38.6 Å². The van der Waals surface area contributed by atoms with Gasteiger partial charge in [-0.3, -0.25) is 28.8 Å². The highest BCUT2D eigenvalue weighted by Crippen LogP contribution is 2.36. The molecule has 13 nitrogen and oxygen atoms in total. The van der Waals surface area contributed by atoms with E-state index in [2.05, 4.69) is 21.3 Å². The summed E-state index contributed by atoms with van der Waals surface area (Å²) in [6, 6.07) is -0.112.